The highest BCUT2D eigenvalue weighted by Gasteiger charge is 2.15. The van der Waals surface area contributed by atoms with E-state index >= 15 is 0 Å². The van der Waals surface area contributed by atoms with Crippen LogP contribution in [0.25, 0.3) is 11.3 Å². The van der Waals surface area contributed by atoms with Gasteiger partial charge in [0.15, 0.2) is 17.4 Å². The van der Waals surface area contributed by atoms with Gasteiger partial charge in [0.1, 0.15) is 0 Å². The largest absolute Gasteiger partial charge is 0.462 e. The molecule has 0 unspecified atom stereocenters. The summed E-state index contributed by atoms with van der Waals surface area (Å²) in [4.78, 5) is 33.5. The van der Waals surface area contributed by atoms with Gasteiger partial charge in [-0.2, -0.15) is 0 Å². The van der Waals surface area contributed by atoms with Gasteiger partial charge in [-0.3, -0.25) is 4.79 Å². The minimum Gasteiger partial charge on any atom is -0.462 e. The number of hydrogen-bond donors (Lipinski definition) is 2. The van der Waals surface area contributed by atoms with Crippen LogP contribution < -0.4 is 10.6 Å². The van der Waals surface area contributed by atoms with Crippen LogP contribution in [0.3, 0.4) is 0 Å². The Labute approximate surface area is 205 Å². The first-order valence-electron chi connectivity index (χ1n) is 11.1. The molecule has 0 saturated heterocycles. The van der Waals surface area contributed by atoms with Crippen molar-refractivity contribution in [3.05, 3.63) is 95.6 Å². The fourth-order valence-corrected chi connectivity index (χ4v) is 3.45. The zero-order valence-corrected chi connectivity index (χ0v) is 19.1. The number of carbonyl (C=O) groups excluding carboxylic acids is 2. The topological polar surface area (TPSA) is 132 Å². The van der Waals surface area contributed by atoms with Gasteiger partial charge in [0.25, 0.3) is 0 Å². The number of aromatic nitrogens is 4. The lowest BCUT2D eigenvalue weighted by molar-refractivity contribution is 0.0526. The zero-order chi connectivity index (χ0) is 24.9. The Morgan fingerprint density at radius 3 is 1.75 bits per heavy atom. The van der Waals surface area contributed by atoms with Gasteiger partial charge in [-0.1, -0.05) is 30.3 Å². The molecule has 2 N–H and O–H groups in total. The Morgan fingerprint density at radius 2 is 1.22 bits per heavy atom. The number of fused-ring (bicyclic) bond motifs is 1. The molecule has 0 aliphatic carbocycles. The minimum atomic E-state index is -0.393. The molecule has 0 radical (unpaired) electrons. The third kappa shape index (κ3) is 4.87. The van der Waals surface area contributed by atoms with Crippen molar-refractivity contribution in [2.75, 3.05) is 17.2 Å². The van der Waals surface area contributed by atoms with Gasteiger partial charge in [0, 0.05) is 22.5 Å². The van der Waals surface area contributed by atoms with E-state index < -0.39 is 5.97 Å². The molecule has 2 aromatic heterocycles. The first kappa shape index (κ1) is 22.7. The summed E-state index contributed by atoms with van der Waals surface area (Å²) in [6, 6.07) is 22.9. The van der Waals surface area contributed by atoms with E-state index in [1.807, 2.05) is 18.2 Å². The number of esters is 1. The first-order chi connectivity index (χ1) is 17.6. The minimum absolute atomic E-state index is 0.0642. The maximum atomic E-state index is 12.7. The molecular weight excluding hydrogens is 460 g/mol. The molecule has 5 aromatic rings. The summed E-state index contributed by atoms with van der Waals surface area (Å²) in [5.74, 6) is 0.280. The number of carbonyl (C=O) groups is 2. The van der Waals surface area contributed by atoms with Gasteiger partial charge in [-0.25, -0.2) is 19.4 Å². The summed E-state index contributed by atoms with van der Waals surface area (Å²) in [7, 11) is 0. The zero-order valence-electron chi connectivity index (χ0n) is 19.1. The number of benzene rings is 3. The highest BCUT2D eigenvalue weighted by atomic mass is 16.6. The maximum absolute atomic E-state index is 12.7. The molecule has 36 heavy (non-hydrogen) atoms. The fraction of sp³-hybridized carbons (Fsp3) is 0.0769. The molecule has 5 rings (SSSR count). The molecule has 2 heterocycles. The van der Waals surface area contributed by atoms with E-state index in [0.29, 0.717) is 46.3 Å². The van der Waals surface area contributed by atoms with Crippen LogP contribution in [-0.2, 0) is 4.74 Å². The molecule has 0 aliphatic rings. The summed E-state index contributed by atoms with van der Waals surface area (Å²) in [6.07, 6.45) is 0. The molecule has 0 atom stereocenters. The van der Waals surface area contributed by atoms with Gasteiger partial charge in [0.2, 0.25) is 11.3 Å². The van der Waals surface area contributed by atoms with Crippen molar-refractivity contribution >= 4 is 46.1 Å². The quantitative estimate of drug-likeness (QED) is 0.233. The third-order valence-electron chi connectivity index (χ3n) is 5.22. The summed E-state index contributed by atoms with van der Waals surface area (Å²) < 4.78 is 9.78. The van der Waals surface area contributed by atoms with E-state index in [1.54, 1.807) is 67.6 Å². The number of nitrogens with one attached hydrogen (secondary N) is 2. The van der Waals surface area contributed by atoms with Crippen molar-refractivity contribution in [2.45, 2.75) is 6.92 Å². The van der Waals surface area contributed by atoms with E-state index in [9.17, 15) is 9.59 Å². The van der Waals surface area contributed by atoms with Crippen LogP contribution in [0.15, 0.2) is 83.5 Å². The number of rotatable bonds is 8. The molecule has 0 amide bonds. The Bertz CT molecular complexity index is 1520. The van der Waals surface area contributed by atoms with Gasteiger partial charge < -0.3 is 15.4 Å². The van der Waals surface area contributed by atoms with E-state index in [1.165, 1.54) is 0 Å². The molecule has 0 saturated carbocycles. The Hall–Kier alpha value is -5.12. The SMILES string of the molecule is CCOC(=O)c1ccc(Nc2nc3nonc3nc2Nc2ccc(C(=O)c3ccccc3)cc2)cc1. The van der Waals surface area contributed by atoms with Crippen molar-refractivity contribution in [2.24, 2.45) is 0 Å². The average Bonchev–Trinajstić information content (AvgIpc) is 3.37. The monoisotopic (exact) mass is 480 g/mol. The summed E-state index contributed by atoms with van der Waals surface area (Å²) in [5.41, 5.74) is 3.44. The Balaban J connectivity index is 1.39. The van der Waals surface area contributed by atoms with Crippen LogP contribution in [0, 0.1) is 0 Å². The second kappa shape index (κ2) is 10.0. The third-order valence-corrected chi connectivity index (χ3v) is 5.22. The highest BCUT2D eigenvalue weighted by Crippen LogP contribution is 2.27. The lowest BCUT2D eigenvalue weighted by Crippen LogP contribution is -2.06. The number of hydrogen-bond acceptors (Lipinski definition) is 10. The Morgan fingerprint density at radius 1 is 0.722 bits per heavy atom. The number of nitrogens with zero attached hydrogens (tertiary/aromatic N) is 4. The Kier molecular flexibility index (Phi) is 6.31. The smallest absolute Gasteiger partial charge is 0.338 e. The normalized spacial score (nSPS) is 10.7. The van der Waals surface area contributed by atoms with Crippen molar-refractivity contribution in [3.63, 3.8) is 0 Å². The second-order valence-corrected chi connectivity index (χ2v) is 7.65. The molecule has 0 aliphatic heterocycles. The first-order valence-corrected chi connectivity index (χ1v) is 11.1. The molecular formula is C26H20N6O4. The van der Waals surface area contributed by atoms with Crippen LogP contribution in [0.2, 0.25) is 0 Å². The lowest BCUT2D eigenvalue weighted by Gasteiger charge is -2.12. The van der Waals surface area contributed by atoms with Crippen LogP contribution in [0.4, 0.5) is 23.0 Å². The van der Waals surface area contributed by atoms with Gasteiger partial charge in [-0.05, 0) is 65.8 Å². The van der Waals surface area contributed by atoms with E-state index in [-0.39, 0.29) is 17.1 Å². The second-order valence-electron chi connectivity index (χ2n) is 7.65. The van der Waals surface area contributed by atoms with Crippen molar-refractivity contribution in [3.8, 4) is 0 Å². The summed E-state index contributed by atoms with van der Waals surface area (Å²) in [6.45, 7) is 2.06. The summed E-state index contributed by atoms with van der Waals surface area (Å²) in [5, 5.41) is 13.9. The van der Waals surface area contributed by atoms with Crippen molar-refractivity contribution < 1.29 is 19.0 Å². The van der Waals surface area contributed by atoms with Crippen molar-refractivity contribution in [1.29, 1.82) is 0 Å². The molecule has 3 aromatic carbocycles. The van der Waals surface area contributed by atoms with Gasteiger partial charge in [-0.15, -0.1) is 0 Å². The standard InChI is InChI=1S/C26H20N6O4/c1-2-35-26(34)18-10-14-20(15-11-18)28-23-22(29-24-25(30-23)32-36-31-24)27-19-12-8-17(9-13-19)21(33)16-6-4-3-5-7-16/h3-15H,2H2,1H3,(H,27,29,31)(H,28,30,32). The lowest BCUT2D eigenvalue weighted by atomic mass is 10.0. The van der Waals surface area contributed by atoms with Gasteiger partial charge in [0.05, 0.1) is 12.2 Å². The molecule has 0 fully saturated rings. The summed E-state index contributed by atoms with van der Waals surface area (Å²) >= 11 is 0. The van der Waals surface area contributed by atoms with Crippen molar-refractivity contribution in [1.82, 2.24) is 20.3 Å². The molecule has 10 nitrogen and oxygen atoms in total. The van der Waals surface area contributed by atoms with E-state index in [2.05, 4.69) is 30.9 Å². The van der Waals surface area contributed by atoms with Crippen LogP contribution in [0.5, 0.6) is 0 Å². The predicted octanol–water partition coefficient (Wildman–Crippen LogP) is 4.91. The van der Waals surface area contributed by atoms with E-state index in [0.717, 1.165) is 0 Å². The number of anilines is 4. The fourth-order valence-electron chi connectivity index (χ4n) is 3.45. The average molecular weight is 480 g/mol. The highest BCUT2D eigenvalue weighted by molar-refractivity contribution is 6.09. The molecule has 10 heteroatoms. The predicted molar refractivity (Wildman–Crippen MR) is 133 cm³/mol. The number of ether oxygens (including phenoxy) is 1. The van der Waals surface area contributed by atoms with Crippen LogP contribution >= 0.6 is 0 Å². The maximum Gasteiger partial charge on any atom is 0.338 e. The van der Waals surface area contributed by atoms with Gasteiger partial charge >= 0.3 is 5.97 Å². The molecule has 0 bridgehead atoms. The van der Waals surface area contributed by atoms with Crippen LogP contribution in [0.1, 0.15) is 33.2 Å². The van der Waals surface area contributed by atoms with Crippen LogP contribution in [-0.4, -0.2) is 38.6 Å². The molecule has 0 spiro atoms. The number of ketones is 1. The molecule has 178 valence electrons. The van der Waals surface area contributed by atoms with E-state index in [4.69, 9.17) is 9.37 Å².